The van der Waals surface area contributed by atoms with Gasteiger partial charge in [0.25, 0.3) is 0 Å². The molecule has 112 valence electrons. The van der Waals surface area contributed by atoms with Gasteiger partial charge in [-0.2, -0.15) is 0 Å². The van der Waals surface area contributed by atoms with Gasteiger partial charge in [0.1, 0.15) is 5.82 Å². The number of pyridine rings is 1. The number of hydrogen-bond acceptors (Lipinski definition) is 3. The Morgan fingerprint density at radius 1 is 1.24 bits per heavy atom. The minimum atomic E-state index is -0.537. The molecule has 0 amide bonds. The molecule has 0 spiro atoms. The summed E-state index contributed by atoms with van der Waals surface area (Å²) in [6.45, 7) is 2.56. The molecule has 4 heteroatoms. The molecule has 0 aliphatic rings. The number of aryl methyl sites for hydroxylation is 1. The van der Waals surface area contributed by atoms with Crippen molar-refractivity contribution >= 4 is 0 Å². The van der Waals surface area contributed by atoms with Crippen LogP contribution in [-0.4, -0.2) is 22.7 Å². The van der Waals surface area contributed by atoms with Gasteiger partial charge in [-0.3, -0.25) is 4.98 Å². The summed E-state index contributed by atoms with van der Waals surface area (Å²) < 4.78 is 13.1. The first-order chi connectivity index (χ1) is 10.1. The molecule has 2 rings (SSSR count). The van der Waals surface area contributed by atoms with E-state index in [1.807, 2.05) is 18.2 Å². The van der Waals surface area contributed by atoms with Crippen LogP contribution in [-0.2, 0) is 6.42 Å². The van der Waals surface area contributed by atoms with Gasteiger partial charge < -0.3 is 10.4 Å². The minimum absolute atomic E-state index is 0.193. The number of hydrogen-bond donors (Lipinski definition) is 2. The lowest BCUT2D eigenvalue weighted by Gasteiger charge is -2.17. The topological polar surface area (TPSA) is 45.1 Å². The minimum Gasteiger partial charge on any atom is -0.387 e. The van der Waals surface area contributed by atoms with Crippen molar-refractivity contribution < 1.29 is 9.50 Å². The predicted molar refractivity (Wildman–Crippen MR) is 81.4 cm³/mol. The van der Waals surface area contributed by atoms with E-state index in [-0.39, 0.29) is 11.9 Å². The van der Waals surface area contributed by atoms with Crippen molar-refractivity contribution in [3.05, 3.63) is 65.7 Å². The van der Waals surface area contributed by atoms with Crippen LogP contribution in [0.15, 0.2) is 48.8 Å². The molecule has 0 aliphatic carbocycles. The number of rotatable bonds is 7. The van der Waals surface area contributed by atoms with Crippen LogP contribution in [0.1, 0.15) is 30.6 Å². The summed E-state index contributed by atoms with van der Waals surface area (Å²) in [4.78, 5) is 3.93. The van der Waals surface area contributed by atoms with Gasteiger partial charge in [0.2, 0.25) is 0 Å². The fraction of sp³-hybridized carbons (Fsp3) is 0.353. The molecule has 21 heavy (non-hydrogen) atoms. The highest BCUT2D eigenvalue weighted by Crippen LogP contribution is 2.11. The fourth-order valence-electron chi connectivity index (χ4n) is 2.19. The Labute approximate surface area is 124 Å². The number of nitrogens with one attached hydrogen (secondary N) is 1. The number of aliphatic hydroxyl groups excluding tert-OH is 1. The number of benzene rings is 1. The molecule has 0 fully saturated rings. The monoisotopic (exact) mass is 288 g/mol. The highest BCUT2D eigenvalue weighted by atomic mass is 19.1. The van der Waals surface area contributed by atoms with Crippen LogP contribution < -0.4 is 5.32 Å². The summed E-state index contributed by atoms with van der Waals surface area (Å²) in [5, 5.41) is 13.4. The van der Waals surface area contributed by atoms with Crippen molar-refractivity contribution in [3.63, 3.8) is 0 Å². The van der Waals surface area contributed by atoms with Crippen LogP contribution in [0.5, 0.6) is 0 Å². The lowest BCUT2D eigenvalue weighted by Crippen LogP contribution is -2.30. The predicted octanol–water partition coefficient (Wildman–Crippen LogP) is 2.87. The van der Waals surface area contributed by atoms with E-state index in [0.717, 1.165) is 24.0 Å². The molecule has 1 aromatic carbocycles. The Morgan fingerprint density at radius 2 is 2.00 bits per heavy atom. The Kier molecular flexibility index (Phi) is 5.84. The molecule has 3 nitrogen and oxygen atoms in total. The largest absolute Gasteiger partial charge is 0.387 e. The first-order valence-electron chi connectivity index (χ1n) is 7.21. The third-order valence-corrected chi connectivity index (χ3v) is 3.51. The maximum absolute atomic E-state index is 13.1. The molecular weight excluding hydrogens is 267 g/mol. The van der Waals surface area contributed by atoms with Gasteiger partial charge in [0.15, 0.2) is 0 Å². The zero-order valence-electron chi connectivity index (χ0n) is 12.2. The molecule has 1 aromatic heterocycles. The second kappa shape index (κ2) is 7.86. The SMILES string of the molecule is CC(CCc1cccc(F)c1)NCC(O)c1ccncc1. The average molecular weight is 288 g/mol. The van der Waals surface area contributed by atoms with E-state index in [2.05, 4.69) is 17.2 Å². The van der Waals surface area contributed by atoms with Crippen LogP contribution in [0.4, 0.5) is 4.39 Å². The molecule has 2 atom stereocenters. The van der Waals surface area contributed by atoms with Crippen molar-refractivity contribution in [2.24, 2.45) is 0 Å². The third-order valence-electron chi connectivity index (χ3n) is 3.51. The van der Waals surface area contributed by atoms with Gasteiger partial charge in [-0.25, -0.2) is 4.39 Å². The molecule has 0 saturated carbocycles. The second-order valence-electron chi connectivity index (χ2n) is 5.27. The lowest BCUT2D eigenvalue weighted by atomic mass is 10.1. The quantitative estimate of drug-likeness (QED) is 0.823. The fourth-order valence-corrected chi connectivity index (χ4v) is 2.19. The number of aliphatic hydroxyl groups is 1. The van der Waals surface area contributed by atoms with Gasteiger partial charge in [0.05, 0.1) is 6.10 Å². The Bertz CT molecular complexity index is 547. The van der Waals surface area contributed by atoms with Crippen molar-refractivity contribution in [2.75, 3.05) is 6.54 Å². The summed E-state index contributed by atoms with van der Waals surface area (Å²) in [6.07, 6.45) is 4.52. The van der Waals surface area contributed by atoms with Gasteiger partial charge in [-0.05, 0) is 55.2 Å². The zero-order valence-corrected chi connectivity index (χ0v) is 12.2. The van der Waals surface area contributed by atoms with E-state index in [9.17, 15) is 9.50 Å². The zero-order chi connectivity index (χ0) is 15.1. The lowest BCUT2D eigenvalue weighted by molar-refractivity contribution is 0.170. The van der Waals surface area contributed by atoms with E-state index in [0.29, 0.717) is 6.54 Å². The molecule has 0 radical (unpaired) electrons. The average Bonchev–Trinajstić information content (AvgIpc) is 2.51. The molecule has 0 aliphatic heterocycles. The van der Waals surface area contributed by atoms with Crippen molar-refractivity contribution in [1.29, 1.82) is 0 Å². The summed E-state index contributed by atoms with van der Waals surface area (Å²) in [6, 6.07) is 10.6. The standard InChI is InChI=1S/C17H21FN2O/c1-13(5-6-14-3-2-4-16(18)11-14)20-12-17(21)15-7-9-19-10-8-15/h2-4,7-11,13,17,20-21H,5-6,12H2,1H3. The van der Waals surface area contributed by atoms with E-state index in [4.69, 9.17) is 0 Å². The number of nitrogens with zero attached hydrogens (tertiary/aromatic N) is 1. The van der Waals surface area contributed by atoms with E-state index in [1.165, 1.54) is 6.07 Å². The van der Waals surface area contributed by atoms with E-state index >= 15 is 0 Å². The van der Waals surface area contributed by atoms with Crippen LogP contribution >= 0.6 is 0 Å². The van der Waals surface area contributed by atoms with Gasteiger partial charge in [-0.1, -0.05) is 12.1 Å². The Hall–Kier alpha value is -1.78. The summed E-state index contributed by atoms with van der Waals surface area (Å²) in [5.41, 5.74) is 1.85. The second-order valence-corrected chi connectivity index (χ2v) is 5.27. The number of aromatic nitrogens is 1. The molecule has 2 unspecified atom stereocenters. The highest BCUT2D eigenvalue weighted by molar-refractivity contribution is 5.16. The first kappa shape index (κ1) is 15.6. The smallest absolute Gasteiger partial charge is 0.123 e. The van der Waals surface area contributed by atoms with Crippen molar-refractivity contribution in [1.82, 2.24) is 10.3 Å². The highest BCUT2D eigenvalue weighted by Gasteiger charge is 2.09. The maximum atomic E-state index is 13.1. The van der Waals surface area contributed by atoms with Crippen LogP contribution in [0.25, 0.3) is 0 Å². The van der Waals surface area contributed by atoms with E-state index in [1.54, 1.807) is 24.5 Å². The van der Waals surface area contributed by atoms with Crippen molar-refractivity contribution in [2.45, 2.75) is 31.9 Å². The van der Waals surface area contributed by atoms with E-state index < -0.39 is 6.10 Å². The third kappa shape index (κ3) is 5.25. The summed E-state index contributed by atoms with van der Waals surface area (Å²) in [5.74, 6) is -0.193. The number of halogens is 1. The van der Waals surface area contributed by atoms with Gasteiger partial charge in [0, 0.05) is 25.0 Å². The Morgan fingerprint density at radius 3 is 2.71 bits per heavy atom. The summed E-state index contributed by atoms with van der Waals surface area (Å²) >= 11 is 0. The van der Waals surface area contributed by atoms with Crippen LogP contribution in [0.2, 0.25) is 0 Å². The molecular formula is C17H21FN2O. The Balaban J connectivity index is 1.73. The molecule has 0 saturated heterocycles. The summed E-state index contributed by atoms with van der Waals surface area (Å²) in [7, 11) is 0. The first-order valence-corrected chi connectivity index (χ1v) is 7.21. The molecule has 0 bridgehead atoms. The van der Waals surface area contributed by atoms with Crippen LogP contribution in [0, 0.1) is 5.82 Å². The maximum Gasteiger partial charge on any atom is 0.123 e. The van der Waals surface area contributed by atoms with Gasteiger partial charge in [-0.15, -0.1) is 0 Å². The van der Waals surface area contributed by atoms with Crippen LogP contribution in [0.3, 0.4) is 0 Å². The van der Waals surface area contributed by atoms with Crippen molar-refractivity contribution in [3.8, 4) is 0 Å². The normalized spacial score (nSPS) is 13.9. The van der Waals surface area contributed by atoms with Gasteiger partial charge >= 0.3 is 0 Å². The molecule has 2 N–H and O–H groups in total. The molecule has 2 aromatic rings. The molecule has 1 heterocycles.